The Bertz CT molecular complexity index is 1380. The minimum atomic E-state index is -0.332. The number of hydrogen-bond donors (Lipinski definition) is 0. The highest BCUT2D eigenvalue weighted by molar-refractivity contribution is 5.98. The molecule has 4 aromatic rings. The Morgan fingerprint density at radius 1 is 0.882 bits per heavy atom. The number of likely N-dealkylation sites (tertiary alicyclic amines) is 1. The van der Waals surface area contributed by atoms with E-state index in [-0.39, 0.29) is 11.8 Å². The standard InChI is InChI=1S/C27H26FN5O/c1-17-11-18(2)30-26(29-17)31-13-20-15-32(16-21(20)14-31)27(34)33-24-10-6-3-7-19(24)12-25(33)22-8-4-5-9-23(22)28/h3-12,20-21H,13-16H2,1-2H3/t20-,21+. The molecule has 34 heavy (non-hydrogen) atoms. The second-order valence-corrected chi connectivity index (χ2v) is 9.47. The summed E-state index contributed by atoms with van der Waals surface area (Å²) in [4.78, 5) is 27.2. The van der Waals surface area contributed by atoms with Crippen molar-refractivity contribution in [3.8, 4) is 11.3 Å². The van der Waals surface area contributed by atoms with Crippen molar-refractivity contribution in [2.45, 2.75) is 13.8 Å². The average molecular weight is 456 g/mol. The summed E-state index contributed by atoms with van der Waals surface area (Å²) in [6.45, 7) is 7.00. The number of carbonyl (C=O) groups is 1. The third-order valence-electron chi connectivity index (χ3n) is 7.06. The zero-order valence-corrected chi connectivity index (χ0v) is 19.3. The number of anilines is 1. The molecule has 4 heterocycles. The maximum Gasteiger partial charge on any atom is 0.329 e. The van der Waals surface area contributed by atoms with Crippen molar-refractivity contribution in [2.75, 3.05) is 31.1 Å². The predicted molar refractivity (Wildman–Crippen MR) is 130 cm³/mol. The lowest BCUT2D eigenvalue weighted by Crippen LogP contribution is -2.36. The Morgan fingerprint density at radius 2 is 1.53 bits per heavy atom. The van der Waals surface area contributed by atoms with E-state index in [9.17, 15) is 9.18 Å². The molecule has 2 atom stereocenters. The molecule has 2 aliphatic rings. The van der Waals surface area contributed by atoms with Gasteiger partial charge in [-0.1, -0.05) is 30.3 Å². The van der Waals surface area contributed by atoms with E-state index in [0.717, 1.165) is 41.3 Å². The highest BCUT2D eigenvalue weighted by Crippen LogP contribution is 2.35. The Hall–Kier alpha value is -3.74. The van der Waals surface area contributed by atoms with Gasteiger partial charge in [-0.3, -0.25) is 4.57 Å². The fourth-order valence-electron chi connectivity index (χ4n) is 5.53. The molecule has 1 amide bonds. The quantitative estimate of drug-likeness (QED) is 0.432. The van der Waals surface area contributed by atoms with Gasteiger partial charge < -0.3 is 9.80 Å². The molecule has 0 bridgehead atoms. The van der Waals surface area contributed by atoms with E-state index >= 15 is 0 Å². The van der Waals surface area contributed by atoms with Crippen LogP contribution >= 0.6 is 0 Å². The lowest BCUT2D eigenvalue weighted by molar-refractivity contribution is 0.209. The summed E-state index contributed by atoms with van der Waals surface area (Å²) < 4.78 is 16.4. The Kier molecular flexibility index (Phi) is 4.86. The highest BCUT2D eigenvalue weighted by atomic mass is 19.1. The van der Waals surface area contributed by atoms with Crippen LogP contribution in [-0.2, 0) is 0 Å². The van der Waals surface area contributed by atoms with Crippen molar-refractivity contribution >= 4 is 22.9 Å². The zero-order valence-electron chi connectivity index (χ0n) is 19.3. The van der Waals surface area contributed by atoms with Gasteiger partial charge in [0.25, 0.3) is 0 Å². The second-order valence-electron chi connectivity index (χ2n) is 9.47. The number of aromatic nitrogens is 3. The molecule has 0 unspecified atom stereocenters. The van der Waals surface area contributed by atoms with Gasteiger partial charge in [0.15, 0.2) is 0 Å². The Balaban J connectivity index is 1.29. The number of aryl methyl sites for hydroxylation is 2. The summed E-state index contributed by atoms with van der Waals surface area (Å²) >= 11 is 0. The Labute approximate surface area is 197 Å². The van der Waals surface area contributed by atoms with Gasteiger partial charge in [-0.15, -0.1) is 0 Å². The predicted octanol–water partition coefficient (Wildman–Crippen LogP) is 4.89. The van der Waals surface area contributed by atoms with Crippen LogP contribution in [0.3, 0.4) is 0 Å². The van der Waals surface area contributed by atoms with Crippen LogP contribution in [0.25, 0.3) is 22.2 Å². The Morgan fingerprint density at radius 3 is 2.24 bits per heavy atom. The topological polar surface area (TPSA) is 54.3 Å². The van der Waals surface area contributed by atoms with Crippen molar-refractivity contribution in [1.82, 2.24) is 19.4 Å². The molecular weight excluding hydrogens is 429 g/mol. The number of rotatable bonds is 2. The number of amides is 1. The van der Waals surface area contributed by atoms with E-state index in [1.54, 1.807) is 22.8 Å². The van der Waals surface area contributed by atoms with Crippen LogP contribution in [-0.4, -0.2) is 51.6 Å². The van der Waals surface area contributed by atoms with Gasteiger partial charge in [0.2, 0.25) is 5.95 Å². The number of hydrogen-bond acceptors (Lipinski definition) is 4. The fourth-order valence-corrected chi connectivity index (χ4v) is 5.53. The van der Waals surface area contributed by atoms with Crippen LogP contribution in [0.15, 0.2) is 60.7 Å². The third kappa shape index (κ3) is 3.43. The molecule has 0 N–H and O–H groups in total. The SMILES string of the molecule is Cc1cc(C)nc(N2C[C@H]3CN(C(=O)n4c(-c5ccccc5F)cc5ccccc54)C[C@H]3C2)n1. The van der Waals surface area contributed by atoms with E-state index in [4.69, 9.17) is 0 Å². The first kappa shape index (κ1) is 20.8. The first-order valence-corrected chi connectivity index (χ1v) is 11.7. The van der Waals surface area contributed by atoms with Gasteiger partial charge in [0, 0.05) is 60.4 Å². The van der Waals surface area contributed by atoms with Crippen LogP contribution in [0.2, 0.25) is 0 Å². The molecule has 2 aromatic carbocycles. The van der Waals surface area contributed by atoms with Gasteiger partial charge in [-0.25, -0.2) is 19.2 Å². The number of fused-ring (bicyclic) bond motifs is 2. The summed E-state index contributed by atoms with van der Waals surface area (Å²) in [6.07, 6.45) is 0. The molecular formula is C27H26FN5O. The minimum absolute atomic E-state index is 0.0944. The van der Waals surface area contributed by atoms with Crippen LogP contribution in [0.1, 0.15) is 11.4 Å². The smallest absolute Gasteiger partial charge is 0.329 e. The molecule has 6 nitrogen and oxygen atoms in total. The summed E-state index contributed by atoms with van der Waals surface area (Å²) in [7, 11) is 0. The molecule has 2 aliphatic heterocycles. The number of para-hydroxylation sites is 1. The monoisotopic (exact) mass is 455 g/mol. The lowest BCUT2D eigenvalue weighted by Gasteiger charge is -2.23. The van der Waals surface area contributed by atoms with Crippen molar-refractivity contribution in [3.63, 3.8) is 0 Å². The molecule has 0 spiro atoms. The van der Waals surface area contributed by atoms with Gasteiger partial charge in [-0.2, -0.15) is 0 Å². The lowest BCUT2D eigenvalue weighted by atomic mass is 10.0. The molecule has 2 fully saturated rings. The van der Waals surface area contributed by atoms with E-state index in [1.165, 1.54) is 6.07 Å². The number of halogens is 1. The van der Waals surface area contributed by atoms with E-state index < -0.39 is 0 Å². The van der Waals surface area contributed by atoms with E-state index in [2.05, 4.69) is 14.9 Å². The largest absolute Gasteiger partial charge is 0.340 e. The normalized spacial score (nSPS) is 19.7. The average Bonchev–Trinajstić information content (AvgIpc) is 3.50. The maximum atomic E-state index is 14.7. The van der Waals surface area contributed by atoms with Crippen LogP contribution in [0, 0.1) is 31.5 Å². The molecule has 0 aliphatic carbocycles. The molecule has 7 heteroatoms. The van der Waals surface area contributed by atoms with Crippen molar-refractivity contribution in [3.05, 3.63) is 77.9 Å². The second kappa shape index (κ2) is 7.94. The number of benzene rings is 2. The minimum Gasteiger partial charge on any atom is -0.340 e. The number of carbonyl (C=O) groups excluding carboxylic acids is 1. The third-order valence-corrected chi connectivity index (χ3v) is 7.06. The molecule has 2 saturated heterocycles. The maximum absolute atomic E-state index is 14.7. The van der Waals surface area contributed by atoms with Crippen LogP contribution in [0.4, 0.5) is 15.1 Å². The van der Waals surface area contributed by atoms with Crippen LogP contribution in [0.5, 0.6) is 0 Å². The molecule has 6 rings (SSSR count). The summed E-state index contributed by atoms with van der Waals surface area (Å²) in [6, 6.07) is 18.2. The first-order chi connectivity index (χ1) is 16.5. The zero-order chi connectivity index (χ0) is 23.4. The molecule has 0 saturated carbocycles. The molecule has 172 valence electrons. The first-order valence-electron chi connectivity index (χ1n) is 11.7. The molecule has 0 radical (unpaired) electrons. The number of nitrogens with zero attached hydrogens (tertiary/aromatic N) is 5. The van der Waals surface area contributed by atoms with Gasteiger partial charge in [0.1, 0.15) is 5.82 Å². The van der Waals surface area contributed by atoms with Gasteiger partial charge >= 0.3 is 6.03 Å². The van der Waals surface area contributed by atoms with Crippen molar-refractivity contribution < 1.29 is 9.18 Å². The molecule has 2 aromatic heterocycles. The van der Waals surface area contributed by atoms with E-state index in [1.807, 2.05) is 55.1 Å². The van der Waals surface area contributed by atoms with Gasteiger partial charge in [0.05, 0.1) is 11.2 Å². The highest BCUT2D eigenvalue weighted by Gasteiger charge is 2.43. The van der Waals surface area contributed by atoms with E-state index in [0.29, 0.717) is 36.2 Å². The summed E-state index contributed by atoms with van der Waals surface area (Å²) in [5, 5.41) is 0.923. The van der Waals surface area contributed by atoms with Crippen molar-refractivity contribution in [2.24, 2.45) is 11.8 Å². The van der Waals surface area contributed by atoms with Crippen molar-refractivity contribution in [1.29, 1.82) is 0 Å². The van der Waals surface area contributed by atoms with Crippen LogP contribution < -0.4 is 4.90 Å². The summed E-state index contributed by atoms with van der Waals surface area (Å²) in [5.74, 6) is 1.18. The summed E-state index contributed by atoms with van der Waals surface area (Å²) in [5.41, 5.74) is 3.76. The van der Waals surface area contributed by atoms with Gasteiger partial charge in [-0.05, 0) is 44.2 Å². The fraction of sp³-hybridized carbons (Fsp3) is 0.296.